The first-order valence-corrected chi connectivity index (χ1v) is 4.04. The van der Waals surface area contributed by atoms with Crippen LogP contribution in [0.3, 0.4) is 0 Å². The maximum absolute atomic E-state index is 8.74. The Morgan fingerprint density at radius 2 is 2.09 bits per heavy atom. The van der Waals surface area contributed by atoms with Crippen LogP contribution in [0.4, 0.5) is 0 Å². The quantitative estimate of drug-likeness (QED) is 0.616. The Kier molecular flexibility index (Phi) is 2.23. The summed E-state index contributed by atoms with van der Waals surface area (Å²) < 4.78 is 5.71. The van der Waals surface area contributed by atoms with Crippen molar-refractivity contribution in [3.8, 4) is 0 Å². The van der Waals surface area contributed by atoms with Gasteiger partial charge in [0, 0.05) is 19.6 Å². The minimum absolute atomic E-state index is 0.0933. The predicted octanol–water partition coefficient (Wildman–Crippen LogP) is 0.483. The van der Waals surface area contributed by atoms with Gasteiger partial charge in [-0.1, -0.05) is 0 Å². The first-order chi connectivity index (χ1) is 4.97. The highest BCUT2D eigenvalue weighted by Crippen LogP contribution is 2.26. The van der Waals surface area contributed by atoms with E-state index in [9.17, 15) is 0 Å². The fourth-order valence-electron chi connectivity index (χ4n) is 1.43. The molecule has 1 atom stereocenters. The number of hydrogen-bond donors (Lipinski definition) is 2. The molecule has 1 unspecified atom stereocenters. The number of ether oxygens (including phenoxy) is 1. The molecule has 0 bridgehead atoms. The van der Waals surface area contributed by atoms with Gasteiger partial charge in [-0.25, -0.2) is 0 Å². The smallest absolute Gasteiger partial charge is 0.119 e. The predicted molar refractivity (Wildman–Crippen MR) is 43.3 cm³/mol. The zero-order valence-corrected chi connectivity index (χ0v) is 7.48. The summed E-state index contributed by atoms with van der Waals surface area (Å²) in [6, 6.07) is 0. The summed E-state index contributed by atoms with van der Waals surface area (Å²) in [5.74, 6) is 0. The lowest BCUT2D eigenvalue weighted by molar-refractivity contribution is -0.0889. The summed E-state index contributed by atoms with van der Waals surface area (Å²) >= 11 is 0. The topological polar surface area (TPSA) is 41.5 Å². The van der Waals surface area contributed by atoms with Gasteiger partial charge in [-0.05, 0) is 20.8 Å². The van der Waals surface area contributed by atoms with E-state index in [0.717, 1.165) is 6.54 Å². The van der Waals surface area contributed by atoms with Gasteiger partial charge >= 0.3 is 0 Å². The van der Waals surface area contributed by atoms with Gasteiger partial charge in [0.05, 0.1) is 5.60 Å². The Morgan fingerprint density at radius 1 is 1.45 bits per heavy atom. The monoisotopic (exact) mass is 159 g/mol. The lowest BCUT2D eigenvalue weighted by Gasteiger charge is -2.26. The molecule has 2 N–H and O–H groups in total. The van der Waals surface area contributed by atoms with Gasteiger partial charge in [0.2, 0.25) is 0 Å². The van der Waals surface area contributed by atoms with Crippen LogP contribution in [0.2, 0.25) is 0 Å². The molecule has 0 aromatic rings. The summed E-state index contributed by atoms with van der Waals surface area (Å²) in [6.45, 7) is 7.08. The Morgan fingerprint density at radius 3 is 2.45 bits per heavy atom. The van der Waals surface area contributed by atoms with Gasteiger partial charge in [0.25, 0.3) is 0 Å². The molecule has 1 heterocycles. The molecule has 0 aromatic heterocycles. The molecule has 3 nitrogen and oxygen atoms in total. The molecule has 1 saturated heterocycles. The highest BCUT2D eigenvalue weighted by molar-refractivity contribution is 4.88. The number of hydrogen-bond acceptors (Lipinski definition) is 3. The number of nitrogens with one attached hydrogen (secondary N) is 1. The van der Waals surface area contributed by atoms with E-state index in [0.29, 0.717) is 6.42 Å². The van der Waals surface area contributed by atoms with E-state index >= 15 is 0 Å². The standard InChI is InChI=1S/C8H17NO2/c1-7(2)6-9-8(3,11-7)4-5-10/h9-10H,4-6H2,1-3H3. The number of aliphatic hydroxyl groups excluding tert-OH is 1. The van der Waals surface area contributed by atoms with E-state index in [1.165, 1.54) is 0 Å². The van der Waals surface area contributed by atoms with Crippen LogP contribution in [0.5, 0.6) is 0 Å². The number of rotatable bonds is 2. The highest BCUT2D eigenvalue weighted by Gasteiger charge is 2.39. The van der Waals surface area contributed by atoms with Crippen molar-refractivity contribution in [2.24, 2.45) is 0 Å². The fraction of sp³-hybridized carbons (Fsp3) is 1.00. The second kappa shape index (κ2) is 2.73. The van der Waals surface area contributed by atoms with Gasteiger partial charge in [-0.3, -0.25) is 5.32 Å². The van der Waals surface area contributed by atoms with Gasteiger partial charge < -0.3 is 9.84 Å². The van der Waals surface area contributed by atoms with Crippen LogP contribution in [-0.4, -0.2) is 29.6 Å². The lowest BCUT2D eigenvalue weighted by Crippen LogP contribution is -2.38. The molecule has 1 aliphatic heterocycles. The van der Waals surface area contributed by atoms with E-state index in [2.05, 4.69) is 5.32 Å². The van der Waals surface area contributed by atoms with Gasteiger partial charge in [-0.15, -0.1) is 0 Å². The fourth-order valence-corrected chi connectivity index (χ4v) is 1.43. The van der Waals surface area contributed by atoms with E-state index in [4.69, 9.17) is 9.84 Å². The Bertz CT molecular complexity index is 147. The first-order valence-electron chi connectivity index (χ1n) is 4.04. The molecular formula is C8H17NO2. The Balaban J connectivity index is 2.51. The van der Waals surface area contributed by atoms with E-state index < -0.39 is 0 Å². The van der Waals surface area contributed by atoms with Crippen molar-refractivity contribution in [2.75, 3.05) is 13.2 Å². The minimum Gasteiger partial charge on any atom is -0.396 e. The first kappa shape index (κ1) is 8.97. The zero-order valence-electron chi connectivity index (χ0n) is 7.48. The molecular weight excluding hydrogens is 142 g/mol. The zero-order chi connectivity index (χ0) is 8.54. The molecule has 1 fully saturated rings. The Labute approximate surface area is 67.7 Å². The van der Waals surface area contributed by atoms with Crippen molar-refractivity contribution >= 4 is 0 Å². The van der Waals surface area contributed by atoms with E-state index in [1.54, 1.807) is 0 Å². The van der Waals surface area contributed by atoms with Crippen LogP contribution < -0.4 is 5.32 Å². The summed E-state index contributed by atoms with van der Waals surface area (Å²) in [4.78, 5) is 0. The average molecular weight is 159 g/mol. The van der Waals surface area contributed by atoms with E-state index in [-0.39, 0.29) is 17.9 Å². The van der Waals surface area contributed by atoms with Crippen LogP contribution in [0, 0.1) is 0 Å². The average Bonchev–Trinajstić information content (AvgIpc) is 2.07. The summed E-state index contributed by atoms with van der Waals surface area (Å²) in [5.41, 5.74) is -0.415. The van der Waals surface area contributed by atoms with Crippen LogP contribution >= 0.6 is 0 Å². The molecule has 0 radical (unpaired) electrons. The van der Waals surface area contributed by atoms with Crippen LogP contribution in [0.25, 0.3) is 0 Å². The van der Waals surface area contributed by atoms with Gasteiger partial charge in [0.1, 0.15) is 5.72 Å². The third-order valence-corrected chi connectivity index (χ3v) is 1.98. The minimum atomic E-state index is -0.321. The summed E-state index contributed by atoms with van der Waals surface area (Å²) in [6.07, 6.45) is 0.649. The van der Waals surface area contributed by atoms with Crippen molar-refractivity contribution < 1.29 is 9.84 Å². The van der Waals surface area contributed by atoms with E-state index in [1.807, 2.05) is 20.8 Å². The van der Waals surface area contributed by atoms with Crippen LogP contribution in [-0.2, 0) is 4.74 Å². The molecule has 1 rings (SSSR count). The molecule has 0 aliphatic carbocycles. The molecule has 0 saturated carbocycles. The largest absolute Gasteiger partial charge is 0.396 e. The summed E-state index contributed by atoms with van der Waals surface area (Å²) in [7, 11) is 0. The van der Waals surface area contributed by atoms with Crippen molar-refractivity contribution in [3.63, 3.8) is 0 Å². The van der Waals surface area contributed by atoms with Gasteiger partial charge in [0.15, 0.2) is 0 Å². The third kappa shape index (κ3) is 2.15. The molecule has 1 aliphatic rings. The highest BCUT2D eigenvalue weighted by atomic mass is 16.5. The van der Waals surface area contributed by atoms with Gasteiger partial charge in [-0.2, -0.15) is 0 Å². The maximum atomic E-state index is 8.74. The maximum Gasteiger partial charge on any atom is 0.119 e. The lowest BCUT2D eigenvalue weighted by atomic mass is 10.1. The molecule has 11 heavy (non-hydrogen) atoms. The van der Waals surface area contributed by atoms with Crippen molar-refractivity contribution in [1.29, 1.82) is 0 Å². The summed E-state index contributed by atoms with van der Waals surface area (Å²) in [5, 5.41) is 12.0. The SMILES string of the molecule is CC1(C)CNC(C)(CCO)O1. The van der Waals surface area contributed by atoms with Crippen molar-refractivity contribution in [3.05, 3.63) is 0 Å². The van der Waals surface area contributed by atoms with Crippen LogP contribution in [0.1, 0.15) is 27.2 Å². The molecule has 3 heteroatoms. The second-order valence-corrected chi connectivity index (χ2v) is 3.92. The normalized spacial score (nSPS) is 36.0. The molecule has 0 aromatic carbocycles. The molecule has 66 valence electrons. The van der Waals surface area contributed by atoms with Crippen molar-refractivity contribution in [2.45, 2.75) is 38.5 Å². The Hall–Kier alpha value is -0.120. The van der Waals surface area contributed by atoms with Crippen LogP contribution in [0.15, 0.2) is 0 Å². The second-order valence-electron chi connectivity index (χ2n) is 3.92. The number of aliphatic hydroxyl groups is 1. The van der Waals surface area contributed by atoms with Crippen molar-refractivity contribution in [1.82, 2.24) is 5.32 Å². The third-order valence-electron chi connectivity index (χ3n) is 1.98. The molecule has 0 amide bonds. The molecule has 0 spiro atoms.